The summed E-state index contributed by atoms with van der Waals surface area (Å²) in [6.45, 7) is 2.91. The van der Waals surface area contributed by atoms with Gasteiger partial charge < -0.3 is 44.5 Å². The van der Waals surface area contributed by atoms with E-state index in [1.54, 1.807) is 13.8 Å². The third-order valence-electron chi connectivity index (χ3n) is 4.80. The van der Waals surface area contributed by atoms with E-state index in [9.17, 15) is 25.5 Å². The molecule has 0 spiro atoms. The molecule has 10 nitrogen and oxygen atoms in total. The van der Waals surface area contributed by atoms with Crippen LogP contribution in [0.15, 0.2) is 4.99 Å². The molecule has 10 heteroatoms. The molecule has 0 aromatic carbocycles. The van der Waals surface area contributed by atoms with Crippen LogP contribution >= 0.6 is 0 Å². The van der Waals surface area contributed by atoms with Crippen molar-refractivity contribution in [2.75, 3.05) is 6.61 Å². The topological polar surface area (TPSA) is 150 Å². The van der Waals surface area contributed by atoms with Crippen LogP contribution in [0.5, 0.6) is 0 Å². The third-order valence-corrected chi connectivity index (χ3v) is 4.80. The van der Waals surface area contributed by atoms with E-state index < -0.39 is 68.0 Å². The Balaban J connectivity index is 1.75. The molecular weight excluding hydrogens is 338 g/mol. The van der Waals surface area contributed by atoms with Gasteiger partial charge in [-0.05, 0) is 6.42 Å². The first-order valence-electron chi connectivity index (χ1n) is 8.38. The van der Waals surface area contributed by atoms with Crippen molar-refractivity contribution in [3.63, 3.8) is 0 Å². The number of nitrogens with zero attached hydrogens (tertiary/aromatic N) is 1. The molecule has 0 aromatic rings. The number of aliphatic hydroxyl groups excluding tert-OH is 5. The number of aliphatic imine (C=N–C) groups is 1. The molecule has 0 saturated carbocycles. The van der Waals surface area contributed by atoms with Crippen molar-refractivity contribution in [2.45, 2.75) is 81.6 Å². The molecule has 3 rings (SSSR count). The highest BCUT2D eigenvalue weighted by Gasteiger charge is 2.52. The fourth-order valence-corrected chi connectivity index (χ4v) is 3.39. The Morgan fingerprint density at radius 1 is 1.00 bits per heavy atom. The van der Waals surface area contributed by atoms with Crippen molar-refractivity contribution in [1.82, 2.24) is 0 Å². The Labute approximate surface area is 144 Å². The fraction of sp³-hybridized carbons (Fsp3) is 0.933. The van der Waals surface area contributed by atoms with Crippen LogP contribution in [0.4, 0.5) is 0 Å². The standard InChI is InChI=1S/C15H25NO9/c1-3-6-9(18)11(20)12(21)15(23-6)25-13-7(4-17)24-14-8(10(13)19)16-5(2)22-14/h6-15,17-21H,3-4H2,1-2H3/t6?,7?,8?,9-,10-,11+,12?,13-,14+,15+/m1/s1. The molecule has 2 saturated heterocycles. The second-order valence-corrected chi connectivity index (χ2v) is 6.50. The van der Waals surface area contributed by atoms with Crippen LogP contribution in [0.25, 0.3) is 0 Å². The van der Waals surface area contributed by atoms with E-state index in [1.165, 1.54) is 0 Å². The maximum absolute atomic E-state index is 10.6. The minimum atomic E-state index is -1.52. The second-order valence-electron chi connectivity index (χ2n) is 6.50. The van der Waals surface area contributed by atoms with Crippen molar-refractivity contribution >= 4 is 5.90 Å². The van der Waals surface area contributed by atoms with Crippen LogP contribution in [0.3, 0.4) is 0 Å². The maximum atomic E-state index is 10.6. The van der Waals surface area contributed by atoms with E-state index in [2.05, 4.69) is 4.99 Å². The summed E-state index contributed by atoms with van der Waals surface area (Å²) in [5.74, 6) is 0.352. The molecule has 0 amide bonds. The van der Waals surface area contributed by atoms with Gasteiger partial charge in [0.05, 0.1) is 12.7 Å². The molecule has 3 aliphatic rings. The van der Waals surface area contributed by atoms with E-state index >= 15 is 0 Å². The average molecular weight is 363 g/mol. The molecule has 2 fully saturated rings. The summed E-state index contributed by atoms with van der Waals surface area (Å²) in [6.07, 6.45) is -9.87. The van der Waals surface area contributed by atoms with Gasteiger partial charge in [0.15, 0.2) is 12.2 Å². The van der Waals surface area contributed by atoms with Gasteiger partial charge in [-0.2, -0.15) is 0 Å². The summed E-state index contributed by atoms with van der Waals surface area (Å²) in [7, 11) is 0. The van der Waals surface area contributed by atoms with Gasteiger partial charge in [-0.1, -0.05) is 6.92 Å². The SMILES string of the molecule is CCC1O[C@@H](O[C@@H]2C(CO)O[C@@H]3OC(C)=NC3[C@H]2O)C(O)[C@@H](O)[C@@H]1O. The first-order chi connectivity index (χ1) is 11.9. The zero-order chi connectivity index (χ0) is 18.3. The quantitative estimate of drug-likeness (QED) is 0.365. The normalized spacial score (nSPS) is 50.1. The highest BCUT2D eigenvalue weighted by molar-refractivity contribution is 5.75. The lowest BCUT2D eigenvalue weighted by Crippen LogP contribution is -2.63. The zero-order valence-corrected chi connectivity index (χ0v) is 14.0. The lowest BCUT2D eigenvalue weighted by molar-refractivity contribution is -0.339. The van der Waals surface area contributed by atoms with Gasteiger partial charge in [0.1, 0.15) is 42.7 Å². The molecule has 5 N–H and O–H groups in total. The molecule has 3 heterocycles. The van der Waals surface area contributed by atoms with Crippen molar-refractivity contribution in [2.24, 2.45) is 4.99 Å². The molecule has 10 atom stereocenters. The molecule has 4 unspecified atom stereocenters. The summed E-state index contributed by atoms with van der Waals surface area (Å²) >= 11 is 0. The molecular formula is C15H25NO9. The number of aliphatic hydroxyl groups is 5. The van der Waals surface area contributed by atoms with Crippen molar-refractivity contribution in [3.05, 3.63) is 0 Å². The highest BCUT2D eigenvalue weighted by atomic mass is 16.7. The summed E-state index contributed by atoms with van der Waals surface area (Å²) in [5, 5.41) is 50.1. The molecule has 0 bridgehead atoms. The van der Waals surface area contributed by atoms with Gasteiger partial charge >= 0.3 is 0 Å². The van der Waals surface area contributed by atoms with Crippen LogP contribution in [0.2, 0.25) is 0 Å². The summed E-state index contributed by atoms with van der Waals surface area (Å²) in [4.78, 5) is 4.15. The molecule has 25 heavy (non-hydrogen) atoms. The highest BCUT2D eigenvalue weighted by Crippen LogP contribution is 2.33. The fourth-order valence-electron chi connectivity index (χ4n) is 3.39. The first-order valence-corrected chi connectivity index (χ1v) is 8.38. The first kappa shape index (κ1) is 18.9. The van der Waals surface area contributed by atoms with Crippen LogP contribution in [0, 0.1) is 0 Å². The van der Waals surface area contributed by atoms with E-state index in [1.807, 2.05) is 0 Å². The molecule has 144 valence electrons. The van der Waals surface area contributed by atoms with Gasteiger partial charge in [0.2, 0.25) is 6.29 Å². The Bertz CT molecular complexity index is 501. The third kappa shape index (κ3) is 3.40. The van der Waals surface area contributed by atoms with Gasteiger partial charge in [0.25, 0.3) is 0 Å². The second kappa shape index (κ2) is 7.41. The van der Waals surface area contributed by atoms with Gasteiger partial charge in [-0.3, -0.25) is 0 Å². The van der Waals surface area contributed by atoms with Crippen LogP contribution in [-0.2, 0) is 18.9 Å². The van der Waals surface area contributed by atoms with Crippen LogP contribution in [0.1, 0.15) is 20.3 Å². The smallest absolute Gasteiger partial charge is 0.227 e. The number of ether oxygens (including phenoxy) is 4. The lowest BCUT2D eigenvalue weighted by atomic mass is 9.95. The zero-order valence-electron chi connectivity index (χ0n) is 14.0. The van der Waals surface area contributed by atoms with Crippen molar-refractivity contribution in [1.29, 1.82) is 0 Å². The Morgan fingerprint density at radius 3 is 2.36 bits per heavy atom. The summed E-state index contributed by atoms with van der Waals surface area (Å²) in [6, 6.07) is -0.731. The van der Waals surface area contributed by atoms with E-state index in [-0.39, 0.29) is 0 Å². The van der Waals surface area contributed by atoms with E-state index in [4.69, 9.17) is 18.9 Å². The average Bonchev–Trinajstić information content (AvgIpc) is 2.97. The van der Waals surface area contributed by atoms with E-state index in [0.717, 1.165) is 0 Å². The Morgan fingerprint density at radius 2 is 1.72 bits per heavy atom. The van der Waals surface area contributed by atoms with Gasteiger partial charge in [0, 0.05) is 6.92 Å². The molecule has 3 aliphatic heterocycles. The molecule has 0 radical (unpaired) electrons. The van der Waals surface area contributed by atoms with Gasteiger partial charge in [-0.25, -0.2) is 4.99 Å². The number of rotatable bonds is 4. The number of fused-ring (bicyclic) bond motifs is 1. The monoisotopic (exact) mass is 363 g/mol. The predicted molar refractivity (Wildman–Crippen MR) is 81.6 cm³/mol. The lowest BCUT2D eigenvalue weighted by Gasteiger charge is -2.45. The Hall–Kier alpha value is -0.850. The van der Waals surface area contributed by atoms with E-state index in [0.29, 0.717) is 12.3 Å². The predicted octanol–water partition coefficient (Wildman–Crippen LogP) is -2.52. The van der Waals surface area contributed by atoms with Crippen molar-refractivity contribution < 1.29 is 44.5 Å². The minimum absolute atomic E-state index is 0.352. The van der Waals surface area contributed by atoms with Crippen LogP contribution in [-0.4, -0.2) is 99.4 Å². The van der Waals surface area contributed by atoms with Crippen molar-refractivity contribution in [3.8, 4) is 0 Å². The molecule has 0 aromatic heterocycles. The number of hydrogen-bond acceptors (Lipinski definition) is 10. The number of hydrogen-bond donors (Lipinski definition) is 5. The summed E-state index contributed by atoms with van der Waals surface area (Å²) < 4.78 is 22.1. The maximum Gasteiger partial charge on any atom is 0.227 e. The molecule has 0 aliphatic carbocycles. The Kier molecular flexibility index (Phi) is 5.61. The summed E-state index contributed by atoms with van der Waals surface area (Å²) in [5.41, 5.74) is 0. The van der Waals surface area contributed by atoms with Crippen LogP contribution < -0.4 is 0 Å². The minimum Gasteiger partial charge on any atom is -0.450 e. The van der Waals surface area contributed by atoms with Gasteiger partial charge in [-0.15, -0.1) is 0 Å². The largest absolute Gasteiger partial charge is 0.450 e.